The zero-order chi connectivity index (χ0) is 43.0. The number of rotatable bonds is 46. The Morgan fingerprint density at radius 2 is 0.949 bits per heavy atom. The summed E-state index contributed by atoms with van der Waals surface area (Å²) in [5.41, 5.74) is 5.38. The van der Waals surface area contributed by atoms with Gasteiger partial charge in [0, 0.05) is 19.6 Å². The van der Waals surface area contributed by atoms with E-state index >= 15 is 0 Å². The molecule has 2 unspecified atom stereocenters. The van der Waals surface area contributed by atoms with Crippen LogP contribution in [0.4, 0.5) is 0 Å². The Morgan fingerprint density at radius 3 is 1.42 bits per heavy atom. The van der Waals surface area contributed by atoms with E-state index in [0.717, 1.165) is 64.2 Å². The standard InChI is InChI=1S/C50H92NO7P/c1-3-5-7-9-11-13-15-17-19-20-21-22-23-24-25-26-27-28-29-30-32-34-36-38-40-42-45-55-47-49(48-57-59(53,54)56-46-44-51)58-50(52)43-41-39-37-35-33-31-18-16-14-12-10-8-6-4-2/h5,7,11,13,17,19,21-22,24-25,49H,3-4,6,8-10,12,14-16,18,20,23,26-48,51H2,1-2H3,(H,53,54)/b7-5-,13-11-,19-17-,22-21-,25-24-. The molecule has 0 aromatic rings. The van der Waals surface area contributed by atoms with Gasteiger partial charge in [0.05, 0.1) is 19.8 Å². The molecule has 0 saturated carbocycles. The third-order valence-electron chi connectivity index (χ3n) is 10.2. The first-order valence-corrected chi connectivity index (χ1v) is 25.8. The summed E-state index contributed by atoms with van der Waals surface area (Å²) in [6.45, 7) is 4.81. The van der Waals surface area contributed by atoms with Gasteiger partial charge < -0.3 is 20.1 Å². The fourth-order valence-corrected chi connectivity index (χ4v) is 7.44. The first-order chi connectivity index (χ1) is 28.9. The van der Waals surface area contributed by atoms with Crippen molar-refractivity contribution in [1.82, 2.24) is 0 Å². The van der Waals surface area contributed by atoms with Gasteiger partial charge in [0.2, 0.25) is 0 Å². The minimum absolute atomic E-state index is 0.0969. The number of allylic oxidation sites excluding steroid dienone is 10. The highest BCUT2D eigenvalue weighted by Gasteiger charge is 2.25. The summed E-state index contributed by atoms with van der Waals surface area (Å²) in [6.07, 6.45) is 58.2. The van der Waals surface area contributed by atoms with Crippen LogP contribution in [-0.2, 0) is 27.9 Å². The van der Waals surface area contributed by atoms with Gasteiger partial charge in [0.15, 0.2) is 0 Å². The Labute approximate surface area is 363 Å². The van der Waals surface area contributed by atoms with Crippen LogP contribution < -0.4 is 5.73 Å². The van der Waals surface area contributed by atoms with Crippen LogP contribution in [0.2, 0.25) is 0 Å². The number of hydrogen-bond donors (Lipinski definition) is 2. The molecule has 0 aliphatic heterocycles. The molecule has 59 heavy (non-hydrogen) atoms. The second-order valence-electron chi connectivity index (χ2n) is 16.0. The number of carbonyl (C=O) groups is 1. The first-order valence-electron chi connectivity index (χ1n) is 24.3. The van der Waals surface area contributed by atoms with Crippen LogP contribution >= 0.6 is 7.82 Å². The van der Waals surface area contributed by atoms with Crippen molar-refractivity contribution in [3.05, 3.63) is 60.8 Å². The zero-order valence-corrected chi connectivity index (χ0v) is 39.1. The van der Waals surface area contributed by atoms with E-state index in [0.29, 0.717) is 13.0 Å². The van der Waals surface area contributed by atoms with Crippen LogP contribution in [0.1, 0.15) is 213 Å². The second kappa shape index (κ2) is 47.3. The summed E-state index contributed by atoms with van der Waals surface area (Å²) in [7, 11) is -4.28. The fourth-order valence-electron chi connectivity index (χ4n) is 6.67. The molecular formula is C50H92NO7P. The average Bonchev–Trinajstić information content (AvgIpc) is 3.23. The van der Waals surface area contributed by atoms with E-state index < -0.39 is 13.9 Å². The molecule has 344 valence electrons. The number of esters is 1. The van der Waals surface area contributed by atoms with Crippen molar-refractivity contribution >= 4 is 13.8 Å². The molecule has 9 heteroatoms. The van der Waals surface area contributed by atoms with Gasteiger partial charge in [-0.1, -0.05) is 209 Å². The maximum atomic E-state index is 12.6. The number of ether oxygens (including phenoxy) is 2. The summed E-state index contributed by atoms with van der Waals surface area (Å²) in [6, 6.07) is 0. The molecule has 0 radical (unpaired) electrons. The Morgan fingerprint density at radius 1 is 0.525 bits per heavy atom. The van der Waals surface area contributed by atoms with Gasteiger partial charge in [-0.2, -0.15) is 0 Å². The van der Waals surface area contributed by atoms with Gasteiger partial charge in [0.25, 0.3) is 0 Å². The molecular weight excluding hydrogens is 758 g/mol. The van der Waals surface area contributed by atoms with Crippen LogP contribution in [0.15, 0.2) is 60.8 Å². The lowest BCUT2D eigenvalue weighted by molar-refractivity contribution is -0.154. The van der Waals surface area contributed by atoms with Gasteiger partial charge in [0.1, 0.15) is 6.10 Å². The number of unbranched alkanes of at least 4 members (excludes halogenated alkanes) is 23. The number of phosphoric acid groups is 1. The Hall–Kier alpha value is -1.80. The lowest BCUT2D eigenvalue weighted by Crippen LogP contribution is -2.28. The molecule has 0 bridgehead atoms. The number of phosphoric ester groups is 1. The topological polar surface area (TPSA) is 117 Å². The highest BCUT2D eigenvalue weighted by molar-refractivity contribution is 7.47. The van der Waals surface area contributed by atoms with Gasteiger partial charge in [-0.05, 0) is 57.8 Å². The van der Waals surface area contributed by atoms with Crippen LogP contribution in [0.25, 0.3) is 0 Å². The monoisotopic (exact) mass is 850 g/mol. The Bertz CT molecular complexity index is 1090. The molecule has 0 fully saturated rings. The van der Waals surface area contributed by atoms with E-state index in [1.165, 1.54) is 128 Å². The van der Waals surface area contributed by atoms with E-state index in [2.05, 4.69) is 74.6 Å². The second-order valence-corrected chi connectivity index (χ2v) is 17.4. The van der Waals surface area contributed by atoms with Gasteiger partial charge >= 0.3 is 13.8 Å². The van der Waals surface area contributed by atoms with Gasteiger partial charge in [-0.15, -0.1) is 0 Å². The highest BCUT2D eigenvalue weighted by Crippen LogP contribution is 2.43. The number of carbonyl (C=O) groups excluding carboxylic acids is 1. The molecule has 0 aromatic carbocycles. The normalized spacial score (nSPS) is 13.9. The average molecular weight is 850 g/mol. The van der Waals surface area contributed by atoms with Crippen LogP contribution in [-0.4, -0.2) is 49.9 Å². The minimum Gasteiger partial charge on any atom is -0.457 e. The van der Waals surface area contributed by atoms with Crippen LogP contribution in [0.3, 0.4) is 0 Å². The summed E-state index contributed by atoms with van der Waals surface area (Å²) in [5, 5.41) is 0. The summed E-state index contributed by atoms with van der Waals surface area (Å²) in [5.74, 6) is -0.331. The van der Waals surface area contributed by atoms with Crippen molar-refractivity contribution in [1.29, 1.82) is 0 Å². The van der Waals surface area contributed by atoms with Crippen molar-refractivity contribution in [2.75, 3.05) is 33.0 Å². The van der Waals surface area contributed by atoms with Gasteiger partial charge in [-0.25, -0.2) is 4.57 Å². The lowest BCUT2D eigenvalue weighted by Gasteiger charge is -2.20. The summed E-state index contributed by atoms with van der Waals surface area (Å²) >= 11 is 0. The summed E-state index contributed by atoms with van der Waals surface area (Å²) < 4.78 is 33.5. The molecule has 0 spiro atoms. The fraction of sp³-hybridized carbons (Fsp3) is 0.780. The molecule has 3 N–H and O–H groups in total. The Kier molecular flexibility index (Phi) is 45.8. The molecule has 0 saturated heterocycles. The molecule has 0 heterocycles. The molecule has 0 amide bonds. The SMILES string of the molecule is CC/C=C\C/C=C\C/C=C\C/C=C\C/C=C\CCCCCCCCCCCCOCC(COP(=O)(O)OCCN)OC(=O)CCCCCCCCCCCCCCCC. The smallest absolute Gasteiger partial charge is 0.457 e. The third kappa shape index (κ3) is 47.1. The molecule has 8 nitrogen and oxygen atoms in total. The predicted octanol–water partition coefficient (Wildman–Crippen LogP) is 14.9. The Balaban J connectivity index is 3.94. The van der Waals surface area contributed by atoms with E-state index in [1.807, 2.05) is 0 Å². The highest BCUT2D eigenvalue weighted by atomic mass is 31.2. The predicted molar refractivity (Wildman–Crippen MR) is 252 cm³/mol. The van der Waals surface area contributed by atoms with E-state index in [9.17, 15) is 14.3 Å². The van der Waals surface area contributed by atoms with Gasteiger partial charge in [-0.3, -0.25) is 13.8 Å². The van der Waals surface area contributed by atoms with Crippen molar-refractivity contribution in [3.63, 3.8) is 0 Å². The van der Waals surface area contributed by atoms with E-state index in [-0.39, 0.29) is 32.3 Å². The number of hydrogen-bond acceptors (Lipinski definition) is 7. The molecule has 0 aliphatic rings. The maximum Gasteiger partial charge on any atom is 0.472 e. The third-order valence-corrected chi connectivity index (χ3v) is 11.2. The lowest BCUT2D eigenvalue weighted by atomic mass is 10.0. The minimum atomic E-state index is -4.28. The first kappa shape index (κ1) is 57.2. The van der Waals surface area contributed by atoms with Crippen LogP contribution in [0, 0.1) is 0 Å². The molecule has 2 atom stereocenters. The zero-order valence-electron chi connectivity index (χ0n) is 38.2. The largest absolute Gasteiger partial charge is 0.472 e. The van der Waals surface area contributed by atoms with Crippen molar-refractivity contribution in [2.45, 2.75) is 219 Å². The number of nitrogens with two attached hydrogens (primary N) is 1. The van der Waals surface area contributed by atoms with Crippen molar-refractivity contribution in [2.24, 2.45) is 5.73 Å². The maximum absolute atomic E-state index is 12.6. The van der Waals surface area contributed by atoms with E-state index in [1.54, 1.807) is 0 Å². The molecule has 0 aliphatic carbocycles. The van der Waals surface area contributed by atoms with Crippen molar-refractivity contribution in [3.8, 4) is 0 Å². The molecule has 0 rings (SSSR count). The van der Waals surface area contributed by atoms with E-state index in [4.69, 9.17) is 24.3 Å². The molecule has 0 aromatic heterocycles. The van der Waals surface area contributed by atoms with Crippen LogP contribution in [0.5, 0.6) is 0 Å². The quantitative estimate of drug-likeness (QED) is 0.0269. The summed E-state index contributed by atoms with van der Waals surface area (Å²) in [4.78, 5) is 22.5. The van der Waals surface area contributed by atoms with Crippen molar-refractivity contribution < 1.29 is 32.8 Å².